The van der Waals surface area contributed by atoms with Crippen molar-refractivity contribution in [1.29, 1.82) is 0 Å². The lowest BCUT2D eigenvalue weighted by Gasteiger charge is -2.12. The number of carboxylic acid groups (broad SMARTS) is 1. The summed E-state index contributed by atoms with van der Waals surface area (Å²) in [5.74, 6) is -0.677. The quantitative estimate of drug-likeness (QED) is 0.788. The van der Waals surface area contributed by atoms with Crippen molar-refractivity contribution in [3.05, 3.63) is 18.2 Å². The van der Waals surface area contributed by atoms with Crippen molar-refractivity contribution in [1.82, 2.24) is 4.72 Å². The van der Waals surface area contributed by atoms with Crippen molar-refractivity contribution < 1.29 is 27.8 Å². The van der Waals surface area contributed by atoms with E-state index in [2.05, 4.69) is 0 Å². The van der Waals surface area contributed by atoms with E-state index in [-0.39, 0.29) is 4.90 Å². The summed E-state index contributed by atoms with van der Waals surface area (Å²) in [6, 6.07) is 2.83. The molecule has 0 aromatic heterocycles. The summed E-state index contributed by atoms with van der Waals surface area (Å²) in [6.07, 6.45) is 0. The van der Waals surface area contributed by atoms with Crippen LogP contribution in [0.15, 0.2) is 23.1 Å². The zero-order valence-electron chi connectivity index (χ0n) is 10.7. The average molecular weight is 289 g/mol. The number of carboxylic acids is 1. The summed E-state index contributed by atoms with van der Waals surface area (Å²) in [5.41, 5.74) is 0. The molecule has 106 valence electrons. The van der Waals surface area contributed by atoms with Gasteiger partial charge in [-0.25, -0.2) is 8.42 Å². The molecule has 1 aromatic rings. The predicted octanol–water partition coefficient (Wildman–Crippen LogP) is 0.455. The summed E-state index contributed by atoms with van der Waals surface area (Å²) in [7, 11) is -1.19. The molecule has 0 saturated heterocycles. The summed E-state index contributed by atoms with van der Waals surface area (Å²) in [5, 5.41) is 8.72. The van der Waals surface area contributed by atoms with Gasteiger partial charge >= 0.3 is 5.97 Å². The summed E-state index contributed by atoms with van der Waals surface area (Å²) in [4.78, 5) is 10.6. The van der Waals surface area contributed by atoms with Crippen molar-refractivity contribution in [2.24, 2.45) is 0 Å². The van der Waals surface area contributed by atoms with E-state index in [9.17, 15) is 13.2 Å². The van der Waals surface area contributed by atoms with Crippen molar-refractivity contribution in [2.45, 2.75) is 17.9 Å². The van der Waals surface area contributed by atoms with Crippen molar-refractivity contribution >= 4 is 16.0 Å². The smallest absolute Gasteiger partial charge is 0.321 e. The van der Waals surface area contributed by atoms with Gasteiger partial charge in [0.1, 0.15) is 17.5 Å². The molecule has 0 aliphatic rings. The molecule has 1 atom stereocenters. The minimum Gasteiger partial charge on any atom is -0.497 e. The molecule has 1 unspecified atom stereocenters. The van der Waals surface area contributed by atoms with Crippen LogP contribution < -0.4 is 14.2 Å². The average Bonchev–Trinajstić information content (AvgIpc) is 2.37. The number of nitrogens with one attached hydrogen (secondary N) is 1. The van der Waals surface area contributed by atoms with Crippen LogP contribution in [0.3, 0.4) is 0 Å². The molecule has 0 saturated carbocycles. The molecular weight excluding hydrogens is 274 g/mol. The van der Waals surface area contributed by atoms with Crippen LogP contribution in [0.2, 0.25) is 0 Å². The highest BCUT2D eigenvalue weighted by atomic mass is 32.2. The van der Waals surface area contributed by atoms with E-state index < -0.39 is 22.0 Å². The minimum absolute atomic E-state index is 0.128. The van der Waals surface area contributed by atoms with Gasteiger partial charge in [0, 0.05) is 18.2 Å². The normalized spacial score (nSPS) is 12.8. The Morgan fingerprint density at radius 3 is 2.05 bits per heavy atom. The predicted molar refractivity (Wildman–Crippen MR) is 67.0 cm³/mol. The molecule has 0 amide bonds. The van der Waals surface area contributed by atoms with Gasteiger partial charge in [-0.3, -0.25) is 4.79 Å². The lowest BCUT2D eigenvalue weighted by molar-refractivity contribution is -0.138. The van der Waals surface area contributed by atoms with E-state index in [0.717, 1.165) is 0 Å². The van der Waals surface area contributed by atoms with Crippen LogP contribution in [0, 0.1) is 0 Å². The Hall–Kier alpha value is -1.80. The zero-order chi connectivity index (χ0) is 14.6. The molecule has 1 rings (SSSR count). The van der Waals surface area contributed by atoms with E-state index >= 15 is 0 Å². The van der Waals surface area contributed by atoms with Gasteiger partial charge in [-0.15, -0.1) is 0 Å². The molecule has 19 heavy (non-hydrogen) atoms. The van der Waals surface area contributed by atoms with Gasteiger partial charge in [0.25, 0.3) is 0 Å². The number of carbonyl (C=O) groups is 1. The Balaban J connectivity index is 3.17. The summed E-state index contributed by atoms with van der Waals surface area (Å²) in [6.45, 7) is 1.23. The third-order valence-corrected chi connectivity index (χ3v) is 3.86. The van der Waals surface area contributed by atoms with Gasteiger partial charge in [0.2, 0.25) is 10.0 Å². The third-order valence-electron chi connectivity index (χ3n) is 2.34. The Kier molecular flexibility index (Phi) is 4.73. The Bertz CT molecular complexity index is 546. The molecule has 1 aromatic carbocycles. The summed E-state index contributed by atoms with van der Waals surface area (Å²) >= 11 is 0. The standard InChI is InChI=1S/C11H15NO6S/c1-7(11(13)14)12-19(15,16)10-5-8(17-2)4-9(6-10)18-3/h4-7,12H,1-3H3,(H,13,14). The second kappa shape index (κ2) is 5.89. The van der Waals surface area contributed by atoms with Crippen LogP contribution in [0.1, 0.15) is 6.92 Å². The van der Waals surface area contributed by atoms with E-state index in [1.54, 1.807) is 0 Å². The topological polar surface area (TPSA) is 102 Å². The van der Waals surface area contributed by atoms with Crippen LogP contribution >= 0.6 is 0 Å². The lowest BCUT2D eigenvalue weighted by Crippen LogP contribution is -2.38. The molecule has 8 heteroatoms. The number of hydrogen-bond acceptors (Lipinski definition) is 5. The largest absolute Gasteiger partial charge is 0.497 e. The van der Waals surface area contributed by atoms with Gasteiger partial charge in [0.05, 0.1) is 19.1 Å². The highest BCUT2D eigenvalue weighted by Gasteiger charge is 2.22. The van der Waals surface area contributed by atoms with Gasteiger partial charge in [0.15, 0.2) is 0 Å². The molecule has 7 nitrogen and oxygen atoms in total. The fraction of sp³-hybridized carbons (Fsp3) is 0.364. The number of methoxy groups -OCH3 is 2. The van der Waals surface area contributed by atoms with E-state index in [0.29, 0.717) is 11.5 Å². The number of sulfonamides is 1. The number of ether oxygens (including phenoxy) is 2. The van der Waals surface area contributed by atoms with Crippen LogP contribution in [-0.4, -0.2) is 39.8 Å². The maximum Gasteiger partial charge on any atom is 0.321 e. The molecule has 2 N–H and O–H groups in total. The van der Waals surface area contributed by atoms with E-state index in [1.807, 2.05) is 4.72 Å². The maximum absolute atomic E-state index is 12.0. The van der Waals surface area contributed by atoms with E-state index in [1.165, 1.54) is 39.3 Å². The fourth-order valence-electron chi connectivity index (χ4n) is 1.29. The zero-order valence-corrected chi connectivity index (χ0v) is 11.5. The summed E-state index contributed by atoms with van der Waals surface area (Å²) < 4.78 is 35.9. The first-order chi connectivity index (χ1) is 8.80. The molecule has 0 aliphatic heterocycles. The van der Waals surface area contributed by atoms with Crippen molar-refractivity contribution in [2.75, 3.05) is 14.2 Å². The van der Waals surface area contributed by atoms with Crippen LogP contribution in [0.4, 0.5) is 0 Å². The Labute approximate surface area is 111 Å². The molecular formula is C11H15NO6S. The first-order valence-electron chi connectivity index (χ1n) is 5.28. The minimum atomic E-state index is -3.96. The number of benzene rings is 1. The molecule has 0 aliphatic carbocycles. The highest BCUT2D eigenvalue weighted by Crippen LogP contribution is 2.25. The molecule has 0 radical (unpaired) electrons. The molecule has 0 bridgehead atoms. The van der Waals surface area contributed by atoms with Crippen LogP contribution in [0.5, 0.6) is 11.5 Å². The Morgan fingerprint density at radius 2 is 1.68 bits per heavy atom. The van der Waals surface area contributed by atoms with Crippen molar-refractivity contribution in [3.63, 3.8) is 0 Å². The maximum atomic E-state index is 12.0. The Morgan fingerprint density at radius 1 is 1.21 bits per heavy atom. The van der Waals surface area contributed by atoms with Crippen LogP contribution in [0.25, 0.3) is 0 Å². The third kappa shape index (κ3) is 3.83. The first-order valence-corrected chi connectivity index (χ1v) is 6.76. The van der Waals surface area contributed by atoms with Crippen LogP contribution in [-0.2, 0) is 14.8 Å². The second-order valence-electron chi connectivity index (χ2n) is 3.73. The SMILES string of the molecule is COc1cc(OC)cc(S(=O)(=O)NC(C)C(=O)O)c1. The first kappa shape index (κ1) is 15.3. The van der Waals surface area contributed by atoms with E-state index in [4.69, 9.17) is 14.6 Å². The van der Waals surface area contributed by atoms with Gasteiger partial charge in [-0.2, -0.15) is 4.72 Å². The van der Waals surface area contributed by atoms with Gasteiger partial charge in [-0.05, 0) is 6.92 Å². The van der Waals surface area contributed by atoms with Gasteiger partial charge < -0.3 is 14.6 Å². The second-order valence-corrected chi connectivity index (χ2v) is 5.44. The molecule has 0 spiro atoms. The van der Waals surface area contributed by atoms with Gasteiger partial charge in [-0.1, -0.05) is 0 Å². The van der Waals surface area contributed by atoms with Crippen molar-refractivity contribution in [3.8, 4) is 11.5 Å². The lowest BCUT2D eigenvalue weighted by atomic mass is 10.3. The fourth-order valence-corrected chi connectivity index (χ4v) is 2.53. The molecule has 0 fully saturated rings. The monoisotopic (exact) mass is 289 g/mol. The highest BCUT2D eigenvalue weighted by molar-refractivity contribution is 7.89. The number of aliphatic carboxylic acids is 1. The number of hydrogen-bond donors (Lipinski definition) is 2. The molecule has 0 heterocycles. The number of rotatable bonds is 6.